The van der Waals surface area contributed by atoms with Crippen LogP contribution in [0.4, 0.5) is 0 Å². The largest absolute Gasteiger partial charge is 0.312 e. The molecule has 0 amide bonds. The molecular weight excluding hydrogens is 252 g/mol. The Hall–Kier alpha value is -0.510. The monoisotopic (exact) mass is 280 g/mol. The number of thioether (sulfide) groups is 1. The summed E-state index contributed by atoms with van der Waals surface area (Å²) in [6, 6.07) is 9.46. The van der Waals surface area contributed by atoms with Crippen molar-refractivity contribution in [3.05, 3.63) is 35.4 Å². The van der Waals surface area contributed by atoms with Gasteiger partial charge in [-0.2, -0.15) is 11.8 Å². The molecule has 19 heavy (non-hydrogen) atoms. The zero-order chi connectivity index (χ0) is 14.3. The molecule has 0 aliphatic rings. The third kappa shape index (κ3) is 5.55. The van der Waals surface area contributed by atoms with E-state index in [1.165, 1.54) is 16.9 Å². The Morgan fingerprint density at radius 3 is 2.32 bits per heavy atom. The Balaban J connectivity index is 2.59. The summed E-state index contributed by atoms with van der Waals surface area (Å²) in [5.74, 6) is 1.18. The number of aryl methyl sites for hydroxylation is 1. The molecule has 1 N–H and O–H groups in total. The van der Waals surface area contributed by atoms with Gasteiger partial charge in [0.15, 0.2) is 0 Å². The van der Waals surface area contributed by atoms with Crippen LogP contribution in [0.25, 0.3) is 0 Å². The molecule has 0 aromatic heterocycles. The van der Waals surface area contributed by atoms with Crippen LogP contribution in [0, 0.1) is 0 Å². The van der Waals surface area contributed by atoms with Gasteiger partial charge in [-0.15, -0.1) is 0 Å². The van der Waals surface area contributed by atoms with E-state index in [0.29, 0.717) is 11.3 Å². The van der Waals surface area contributed by atoms with Crippen molar-refractivity contribution < 1.29 is 0 Å². The lowest BCUT2D eigenvalue weighted by Crippen LogP contribution is -2.26. The van der Waals surface area contributed by atoms with Crippen LogP contribution >= 0.6 is 11.8 Å². The van der Waals surface area contributed by atoms with E-state index in [1.807, 2.05) is 11.8 Å². The molecule has 2 nitrogen and oxygen atoms in total. The van der Waals surface area contributed by atoms with E-state index in [4.69, 9.17) is 0 Å². The third-order valence-electron chi connectivity index (χ3n) is 3.45. The second-order valence-electron chi connectivity index (χ2n) is 5.24. The molecule has 0 aliphatic carbocycles. The van der Waals surface area contributed by atoms with Crippen LogP contribution in [0.15, 0.2) is 24.3 Å². The molecule has 108 valence electrons. The van der Waals surface area contributed by atoms with E-state index in [-0.39, 0.29) is 0 Å². The first-order valence-electron chi connectivity index (χ1n) is 7.11. The number of hydrogen-bond acceptors (Lipinski definition) is 3. The van der Waals surface area contributed by atoms with Crippen LogP contribution in [0.3, 0.4) is 0 Å². The van der Waals surface area contributed by atoms with Gasteiger partial charge < -0.3 is 10.2 Å². The van der Waals surface area contributed by atoms with Gasteiger partial charge in [0, 0.05) is 23.6 Å². The number of rotatable bonds is 8. The summed E-state index contributed by atoms with van der Waals surface area (Å²) in [5, 5.41) is 4.04. The first-order valence-corrected chi connectivity index (χ1v) is 8.15. The van der Waals surface area contributed by atoms with Crippen molar-refractivity contribution in [2.45, 2.75) is 31.6 Å². The van der Waals surface area contributed by atoms with Crippen molar-refractivity contribution in [1.82, 2.24) is 10.2 Å². The Kier molecular flexibility index (Phi) is 7.51. The molecule has 0 radical (unpaired) electrons. The zero-order valence-electron chi connectivity index (χ0n) is 12.9. The quantitative estimate of drug-likeness (QED) is 0.787. The molecule has 0 saturated heterocycles. The van der Waals surface area contributed by atoms with Gasteiger partial charge in [0.1, 0.15) is 0 Å². The minimum atomic E-state index is 0.429. The average molecular weight is 280 g/mol. The predicted molar refractivity (Wildman–Crippen MR) is 88.1 cm³/mol. The maximum absolute atomic E-state index is 3.46. The van der Waals surface area contributed by atoms with Crippen molar-refractivity contribution >= 4 is 11.8 Å². The van der Waals surface area contributed by atoms with E-state index >= 15 is 0 Å². The first-order chi connectivity index (χ1) is 9.08. The maximum atomic E-state index is 3.46. The lowest BCUT2D eigenvalue weighted by molar-refractivity contribution is 0.437. The van der Waals surface area contributed by atoms with E-state index in [2.05, 4.69) is 69.5 Å². The highest BCUT2D eigenvalue weighted by Crippen LogP contribution is 2.26. The standard InChI is InChI=1S/C16H28N2S/c1-6-14-7-9-15(10-8-14)16(17-3)13(2)19-12-11-18(4)5/h7-10,13,16-17H,6,11-12H2,1-5H3. The van der Waals surface area contributed by atoms with Crippen molar-refractivity contribution in [3.63, 3.8) is 0 Å². The molecule has 1 rings (SSSR count). The van der Waals surface area contributed by atoms with Crippen LogP contribution in [-0.2, 0) is 6.42 Å². The fraction of sp³-hybridized carbons (Fsp3) is 0.625. The van der Waals surface area contributed by atoms with Crippen molar-refractivity contribution in [3.8, 4) is 0 Å². The van der Waals surface area contributed by atoms with Gasteiger partial charge in [-0.05, 0) is 38.7 Å². The topological polar surface area (TPSA) is 15.3 Å². The molecule has 2 atom stereocenters. The molecule has 3 heteroatoms. The summed E-state index contributed by atoms with van der Waals surface area (Å²) in [4.78, 5) is 2.24. The molecule has 0 aliphatic heterocycles. The number of benzene rings is 1. The maximum Gasteiger partial charge on any atom is 0.0435 e. The third-order valence-corrected chi connectivity index (χ3v) is 4.66. The van der Waals surface area contributed by atoms with Gasteiger partial charge in [0.2, 0.25) is 0 Å². The van der Waals surface area contributed by atoms with Crippen molar-refractivity contribution in [1.29, 1.82) is 0 Å². The second kappa shape index (κ2) is 8.62. The van der Waals surface area contributed by atoms with E-state index in [0.717, 1.165) is 13.0 Å². The van der Waals surface area contributed by atoms with Crippen LogP contribution in [0.5, 0.6) is 0 Å². The average Bonchev–Trinajstić information content (AvgIpc) is 2.40. The van der Waals surface area contributed by atoms with Gasteiger partial charge in [0.25, 0.3) is 0 Å². The van der Waals surface area contributed by atoms with Gasteiger partial charge in [-0.3, -0.25) is 0 Å². The normalized spacial score (nSPS) is 14.6. The molecule has 0 bridgehead atoms. The van der Waals surface area contributed by atoms with Crippen molar-refractivity contribution in [2.75, 3.05) is 33.4 Å². The summed E-state index contributed by atoms with van der Waals surface area (Å²) in [6.45, 7) is 5.65. The second-order valence-corrected chi connectivity index (χ2v) is 6.73. The smallest absolute Gasteiger partial charge is 0.0435 e. The SMILES string of the molecule is CCc1ccc(C(NC)C(C)SCCN(C)C)cc1. The lowest BCUT2D eigenvalue weighted by Gasteiger charge is -2.24. The summed E-state index contributed by atoms with van der Waals surface area (Å²) in [7, 11) is 6.32. The molecule has 1 aromatic carbocycles. The highest BCUT2D eigenvalue weighted by atomic mass is 32.2. The summed E-state index contributed by atoms with van der Waals surface area (Å²) < 4.78 is 0. The van der Waals surface area contributed by atoms with Gasteiger partial charge in [-0.1, -0.05) is 38.1 Å². The Bertz CT molecular complexity index is 348. The first kappa shape index (κ1) is 16.5. The number of nitrogens with zero attached hydrogens (tertiary/aromatic N) is 1. The molecule has 1 aromatic rings. The Labute approximate surface area is 123 Å². The summed E-state index contributed by atoms with van der Waals surface area (Å²) in [5.41, 5.74) is 2.80. The molecule has 2 unspecified atom stereocenters. The molecule has 0 spiro atoms. The fourth-order valence-corrected chi connectivity index (χ4v) is 3.48. The van der Waals surface area contributed by atoms with E-state index in [1.54, 1.807) is 0 Å². The number of nitrogens with one attached hydrogen (secondary N) is 1. The van der Waals surface area contributed by atoms with Crippen LogP contribution in [0.1, 0.15) is 31.0 Å². The van der Waals surface area contributed by atoms with Crippen molar-refractivity contribution in [2.24, 2.45) is 0 Å². The van der Waals surface area contributed by atoms with Gasteiger partial charge >= 0.3 is 0 Å². The van der Waals surface area contributed by atoms with Crippen LogP contribution in [0.2, 0.25) is 0 Å². The van der Waals surface area contributed by atoms with Crippen LogP contribution in [-0.4, -0.2) is 43.6 Å². The Morgan fingerprint density at radius 2 is 1.84 bits per heavy atom. The van der Waals surface area contributed by atoms with E-state index < -0.39 is 0 Å². The minimum absolute atomic E-state index is 0.429. The lowest BCUT2D eigenvalue weighted by atomic mass is 10.0. The van der Waals surface area contributed by atoms with Gasteiger partial charge in [0.05, 0.1) is 0 Å². The van der Waals surface area contributed by atoms with E-state index in [9.17, 15) is 0 Å². The highest BCUT2D eigenvalue weighted by Gasteiger charge is 2.17. The zero-order valence-corrected chi connectivity index (χ0v) is 13.8. The predicted octanol–water partition coefficient (Wildman–Crippen LogP) is 3.19. The molecule has 0 saturated carbocycles. The van der Waals surface area contributed by atoms with Crippen LogP contribution < -0.4 is 5.32 Å². The fourth-order valence-electron chi connectivity index (χ4n) is 2.15. The molecule has 0 heterocycles. The van der Waals surface area contributed by atoms with Gasteiger partial charge in [-0.25, -0.2) is 0 Å². The Morgan fingerprint density at radius 1 is 1.21 bits per heavy atom. The number of hydrogen-bond donors (Lipinski definition) is 1. The highest BCUT2D eigenvalue weighted by molar-refractivity contribution is 7.99. The molecular formula is C16H28N2S. The molecule has 0 fully saturated rings. The summed E-state index contributed by atoms with van der Waals surface area (Å²) in [6.07, 6.45) is 1.11. The minimum Gasteiger partial charge on any atom is -0.312 e. The summed E-state index contributed by atoms with van der Waals surface area (Å²) >= 11 is 2.04.